The van der Waals surface area contributed by atoms with Crippen LogP contribution in [0.15, 0.2) is 42.5 Å². The molecule has 0 spiro atoms. The number of carbonyl (C=O) groups is 1. The Bertz CT molecular complexity index is 634. The van der Waals surface area contributed by atoms with E-state index in [1.807, 2.05) is 32.0 Å². The maximum absolute atomic E-state index is 12.0. The molecule has 0 heterocycles. The van der Waals surface area contributed by atoms with Crippen molar-refractivity contribution >= 4 is 11.6 Å². The smallest absolute Gasteiger partial charge is 0.262 e. The standard InChI is InChI=1S/C18H22N2O3/c1-13-4-3-5-14(2)18(13)23-12-17(21)20-15-6-8-16(9-7-15)22-11-10-19/h3-9H,10-12,19H2,1-2H3,(H,20,21). The van der Waals surface area contributed by atoms with E-state index < -0.39 is 0 Å². The van der Waals surface area contributed by atoms with E-state index >= 15 is 0 Å². The summed E-state index contributed by atoms with van der Waals surface area (Å²) in [5, 5.41) is 2.79. The van der Waals surface area contributed by atoms with Crippen molar-refractivity contribution in [3.05, 3.63) is 53.6 Å². The van der Waals surface area contributed by atoms with Crippen LogP contribution in [0.4, 0.5) is 5.69 Å². The van der Waals surface area contributed by atoms with E-state index in [9.17, 15) is 4.79 Å². The summed E-state index contributed by atoms with van der Waals surface area (Å²) < 4.78 is 11.0. The minimum absolute atomic E-state index is 0.0306. The number of ether oxygens (including phenoxy) is 2. The maximum Gasteiger partial charge on any atom is 0.262 e. The van der Waals surface area contributed by atoms with Crippen LogP contribution in [0.1, 0.15) is 11.1 Å². The van der Waals surface area contributed by atoms with Crippen molar-refractivity contribution < 1.29 is 14.3 Å². The minimum atomic E-state index is -0.205. The van der Waals surface area contributed by atoms with Gasteiger partial charge in [-0.05, 0) is 49.2 Å². The van der Waals surface area contributed by atoms with Crippen LogP contribution < -0.4 is 20.5 Å². The lowest BCUT2D eigenvalue weighted by atomic mass is 10.1. The number of hydrogen-bond donors (Lipinski definition) is 2. The fourth-order valence-corrected chi connectivity index (χ4v) is 2.17. The van der Waals surface area contributed by atoms with Gasteiger partial charge in [0, 0.05) is 12.2 Å². The predicted molar refractivity (Wildman–Crippen MR) is 91.0 cm³/mol. The summed E-state index contributed by atoms with van der Waals surface area (Å²) in [6, 6.07) is 13.0. The van der Waals surface area contributed by atoms with E-state index in [4.69, 9.17) is 15.2 Å². The molecule has 0 fully saturated rings. The highest BCUT2D eigenvalue weighted by Crippen LogP contribution is 2.22. The molecule has 0 aromatic heterocycles. The number of benzene rings is 2. The molecule has 5 nitrogen and oxygen atoms in total. The van der Waals surface area contributed by atoms with Crippen molar-refractivity contribution in [1.29, 1.82) is 0 Å². The molecule has 1 amide bonds. The van der Waals surface area contributed by atoms with Crippen molar-refractivity contribution in [2.24, 2.45) is 5.73 Å². The van der Waals surface area contributed by atoms with E-state index in [0.29, 0.717) is 18.8 Å². The minimum Gasteiger partial charge on any atom is -0.492 e. The molecule has 0 radical (unpaired) electrons. The van der Waals surface area contributed by atoms with E-state index in [1.54, 1.807) is 24.3 Å². The normalized spacial score (nSPS) is 10.2. The van der Waals surface area contributed by atoms with Gasteiger partial charge < -0.3 is 20.5 Å². The molecular weight excluding hydrogens is 292 g/mol. The molecule has 5 heteroatoms. The fourth-order valence-electron chi connectivity index (χ4n) is 2.17. The van der Waals surface area contributed by atoms with Gasteiger partial charge in [-0.1, -0.05) is 18.2 Å². The number of carbonyl (C=O) groups excluding carboxylic acids is 1. The molecule has 2 rings (SSSR count). The number of para-hydroxylation sites is 1. The zero-order valence-electron chi connectivity index (χ0n) is 13.5. The molecule has 0 bridgehead atoms. The fraction of sp³-hybridized carbons (Fsp3) is 0.278. The van der Waals surface area contributed by atoms with Crippen molar-refractivity contribution in [1.82, 2.24) is 0 Å². The van der Waals surface area contributed by atoms with Crippen LogP contribution in [-0.4, -0.2) is 25.7 Å². The highest BCUT2D eigenvalue weighted by atomic mass is 16.5. The van der Waals surface area contributed by atoms with Crippen LogP contribution in [0.3, 0.4) is 0 Å². The van der Waals surface area contributed by atoms with Gasteiger partial charge in [-0.2, -0.15) is 0 Å². The predicted octanol–water partition coefficient (Wildman–Crippen LogP) is 2.66. The van der Waals surface area contributed by atoms with Crippen molar-refractivity contribution in [3.8, 4) is 11.5 Å². The van der Waals surface area contributed by atoms with Crippen molar-refractivity contribution in [2.75, 3.05) is 25.1 Å². The zero-order valence-corrected chi connectivity index (χ0v) is 13.5. The average molecular weight is 314 g/mol. The number of nitrogens with one attached hydrogen (secondary N) is 1. The summed E-state index contributed by atoms with van der Waals surface area (Å²) in [4.78, 5) is 12.0. The second kappa shape index (κ2) is 8.19. The molecule has 0 aliphatic rings. The van der Waals surface area contributed by atoms with E-state index in [2.05, 4.69) is 5.32 Å². The Morgan fingerprint density at radius 3 is 2.30 bits per heavy atom. The second-order valence-corrected chi connectivity index (χ2v) is 5.22. The number of hydrogen-bond acceptors (Lipinski definition) is 4. The average Bonchev–Trinajstić information content (AvgIpc) is 2.54. The third-order valence-corrected chi connectivity index (χ3v) is 3.28. The van der Waals surface area contributed by atoms with E-state index in [-0.39, 0.29) is 12.5 Å². The molecule has 0 saturated carbocycles. The summed E-state index contributed by atoms with van der Waals surface area (Å²) in [7, 11) is 0. The highest BCUT2D eigenvalue weighted by molar-refractivity contribution is 5.91. The first-order valence-electron chi connectivity index (χ1n) is 7.52. The van der Waals surface area contributed by atoms with E-state index in [0.717, 1.165) is 22.6 Å². The Balaban J connectivity index is 1.87. The third kappa shape index (κ3) is 5.00. The van der Waals surface area contributed by atoms with Gasteiger partial charge in [-0.15, -0.1) is 0 Å². The van der Waals surface area contributed by atoms with Crippen LogP contribution in [0.2, 0.25) is 0 Å². The SMILES string of the molecule is Cc1cccc(C)c1OCC(=O)Nc1ccc(OCCN)cc1. The largest absolute Gasteiger partial charge is 0.492 e. The van der Waals surface area contributed by atoms with Crippen LogP contribution in [-0.2, 0) is 4.79 Å². The van der Waals surface area contributed by atoms with Gasteiger partial charge in [0.25, 0.3) is 5.91 Å². The van der Waals surface area contributed by atoms with Gasteiger partial charge in [-0.25, -0.2) is 0 Å². The summed E-state index contributed by atoms with van der Waals surface area (Å²) in [6.45, 7) is 4.82. The maximum atomic E-state index is 12.0. The molecule has 2 aromatic rings. The third-order valence-electron chi connectivity index (χ3n) is 3.28. The van der Waals surface area contributed by atoms with Gasteiger partial charge in [0.15, 0.2) is 6.61 Å². The lowest BCUT2D eigenvalue weighted by Gasteiger charge is -2.12. The summed E-state index contributed by atoms with van der Waals surface area (Å²) >= 11 is 0. The molecule has 0 aliphatic heterocycles. The number of rotatable bonds is 7. The first-order chi connectivity index (χ1) is 11.1. The molecule has 0 saturated heterocycles. The molecule has 3 N–H and O–H groups in total. The van der Waals surface area contributed by atoms with Gasteiger partial charge >= 0.3 is 0 Å². The molecular formula is C18H22N2O3. The van der Waals surface area contributed by atoms with Gasteiger partial charge in [0.05, 0.1) is 0 Å². The molecule has 122 valence electrons. The number of aryl methyl sites for hydroxylation is 2. The Morgan fingerprint density at radius 1 is 1.04 bits per heavy atom. The number of amides is 1. The quantitative estimate of drug-likeness (QED) is 0.824. The highest BCUT2D eigenvalue weighted by Gasteiger charge is 2.07. The molecule has 0 aliphatic carbocycles. The number of nitrogens with two attached hydrogens (primary N) is 1. The van der Waals surface area contributed by atoms with Crippen LogP contribution in [0, 0.1) is 13.8 Å². The second-order valence-electron chi connectivity index (χ2n) is 5.22. The lowest BCUT2D eigenvalue weighted by molar-refractivity contribution is -0.118. The molecule has 23 heavy (non-hydrogen) atoms. The van der Waals surface area contributed by atoms with Crippen LogP contribution >= 0.6 is 0 Å². The van der Waals surface area contributed by atoms with Crippen molar-refractivity contribution in [3.63, 3.8) is 0 Å². The monoisotopic (exact) mass is 314 g/mol. The van der Waals surface area contributed by atoms with Crippen LogP contribution in [0.5, 0.6) is 11.5 Å². The number of anilines is 1. The lowest BCUT2D eigenvalue weighted by Crippen LogP contribution is -2.20. The molecule has 0 atom stereocenters. The van der Waals surface area contributed by atoms with E-state index in [1.165, 1.54) is 0 Å². The summed E-state index contributed by atoms with van der Waals surface area (Å²) in [5.74, 6) is 1.27. The van der Waals surface area contributed by atoms with Gasteiger partial charge in [0.2, 0.25) is 0 Å². The Labute approximate surface area is 136 Å². The molecule has 2 aromatic carbocycles. The Morgan fingerprint density at radius 2 is 1.70 bits per heavy atom. The Hall–Kier alpha value is -2.53. The van der Waals surface area contributed by atoms with Crippen molar-refractivity contribution in [2.45, 2.75) is 13.8 Å². The topological polar surface area (TPSA) is 73.6 Å². The van der Waals surface area contributed by atoms with Crippen LogP contribution in [0.25, 0.3) is 0 Å². The first kappa shape index (κ1) is 16.8. The summed E-state index contributed by atoms with van der Waals surface area (Å²) in [6.07, 6.45) is 0. The van der Waals surface area contributed by atoms with Gasteiger partial charge in [-0.3, -0.25) is 4.79 Å². The zero-order chi connectivity index (χ0) is 16.7. The molecule has 0 unspecified atom stereocenters. The summed E-state index contributed by atoms with van der Waals surface area (Å²) in [5.41, 5.74) is 8.10. The Kier molecular flexibility index (Phi) is 6.00. The van der Waals surface area contributed by atoms with Gasteiger partial charge in [0.1, 0.15) is 18.1 Å². The first-order valence-corrected chi connectivity index (χ1v) is 7.52.